The van der Waals surface area contributed by atoms with E-state index in [4.69, 9.17) is 17.3 Å². The molecule has 0 spiro atoms. The summed E-state index contributed by atoms with van der Waals surface area (Å²) in [6.07, 6.45) is 4.98. The molecule has 0 unspecified atom stereocenters. The van der Waals surface area contributed by atoms with Crippen molar-refractivity contribution in [2.75, 3.05) is 18.0 Å². The average Bonchev–Trinajstić information content (AvgIpc) is 3.30. The van der Waals surface area contributed by atoms with Crippen LogP contribution >= 0.6 is 0 Å². The molecule has 2 aromatic heterocycles. The van der Waals surface area contributed by atoms with Crippen LogP contribution in [0.15, 0.2) is 48.8 Å². The molecule has 7 nitrogen and oxygen atoms in total. The van der Waals surface area contributed by atoms with Crippen molar-refractivity contribution in [1.82, 2.24) is 14.4 Å². The van der Waals surface area contributed by atoms with Gasteiger partial charge in [0.25, 0.3) is 0 Å². The molecule has 2 aromatic carbocycles. The zero-order chi connectivity index (χ0) is 24.0. The van der Waals surface area contributed by atoms with Crippen LogP contribution in [0.1, 0.15) is 19.8 Å². The Bertz CT molecular complexity index is 1450. The van der Waals surface area contributed by atoms with Crippen molar-refractivity contribution < 1.29 is 13.9 Å². The summed E-state index contributed by atoms with van der Waals surface area (Å²) in [6.45, 7) is 10.6. The Morgan fingerprint density at radius 3 is 2.50 bits per heavy atom. The summed E-state index contributed by atoms with van der Waals surface area (Å²) in [5, 5.41) is 10.0. The monoisotopic (exact) mass is 460 g/mol. The quantitative estimate of drug-likeness (QED) is 0.424. The van der Waals surface area contributed by atoms with Gasteiger partial charge in [-0.25, -0.2) is 23.6 Å². The molecule has 34 heavy (non-hydrogen) atoms. The molecule has 172 valence electrons. The summed E-state index contributed by atoms with van der Waals surface area (Å²) >= 11 is 0. The first-order chi connectivity index (χ1) is 16.3. The molecule has 0 aliphatic carbocycles. The summed E-state index contributed by atoms with van der Waals surface area (Å²) in [4.78, 5) is 14.8. The van der Waals surface area contributed by atoms with Crippen LogP contribution < -0.4 is 10.6 Å². The lowest BCUT2D eigenvalue weighted by Gasteiger charge is -2.37. The van der Waals surface area contributed by atoms with Gasteiger partial charge in [0.05, 0.1) is 17.8 Å². The number of halogens is 2. The Morgan fingerprint density at radius 1 is 1.09 bits per heavy atom. The van der Waals surface area contributed by atoms with Gasteiger partial charge in [0.15, 0.2) is 11.6 Å². The van der Waals surface area contributed by atoms with Crippen molar-refractivity contribution >= 4 is 17.3 Å². The highest BCUT2D eigenvalue weighted by molar-refractivity contribution is 5.91. The number of imidazole rings is 1. The number of nitrogens with zero attached hydrogens (tertiary/aromatic N) is 5. The number of phenols is 1. The molecule has 1 aliphatic rings. The van der Waals surface area contributed by atoms with Crippen molar-refractivity contribution in [3.05, 3.63) is 71.8 Å². The van der Waals surface area contributed by atoms with Crippen molar-refractivity contribution in [1.29, 1.82) is 0 Å². The first-order valence-electron chi connectivity index (χ1n) is 10.8. The molecule has 3 N–H and O–H groups in total. The summed E-state index contributed by atoms with van der Waals surface area (Å²) in [5.74, 6) is -1.29. The third-order valence-electron chi connectivity index (χ3n) is 6.29. The number of fused-ring (bicyclic) bond motifs is 1. The van der Waals surface area contributed by atoms with Crippen molar-refractivity contribution in [3.8, 4) is 28.1 Å². The van der Waals surface area contributed by atoms with E-state index in [0.29, 0.717) is 47.1 Å². The summed E-state index contributed by atoms with van der Waals surface area (Å²) < 4.78 is 30.3. The fourth-order valence-corrected chi connectivity index (χ4v) is 4.29. The van der Waals surface area contributed by atoms with E-state index in [-0.39, 0.29) is 11.2 Å². The van der Waals surface area contributed by atoms with Crippen molar-refractivity contribution in [2.45, 2.75) is 25.3 Å². The van der Waals surface area contributed by atoms with Crippen LogP contribution in [0.4, 0.5) is 20.4 Å². The van der Waals surface area contributed by atoms with Crippen molar-refractivity contribution in [3.63, 3.8) is 0 Å². The molecule has 9 heteroatoms. The van der Waals surface area contributed by atoms with Crippen molar-refractivity contribution in [2.24, 2.45) is 5.73 Å². The molecular formula is C25H22F2N6O. The highest BCUT2D eigenvalue weighted by atomic mass is 19.1. The van der Waals surface area contributed by atoms with Crippen LogP contribution in [0.3, 0.4) is 0 Å². The van der Waals surface area contributed by atoms with Gasteiger partial charge in [-0.15, -0.1) is 0 Å². The van der Waals surface area contributed by atoms with Crippen LogP contribution in [0.2, 0.25) is 0 Å². The summed E-state index contributed by atoms with van der Waals surface area (Å²) in [5.41, 5.74) is 8.35. The molecule has 3 heterocycles. The van der Waals surface area contributed by atoms with Gasteiger partial charge in [-0.2, -0.15) is 0 Å². The molecule has 0 atom stereocenters. The lowest BCUT2D eigenvalue weighted by atomic mass is 9.91. The summed E-state index contributed by atoms with van der Waals surface area (Å²) in [7, 11) is 0. The first kappa shape index (κ1) is 21.8. The third-order valence-corrected chi connectivity index (χ3v) is 6.29. The highest BCUT2D eigenvalue weighted by Gasteiger charge is 2.29. The fourth-order valence-electron chi connectivity index (χ4n) is 4.29. The lowest BCUT2D eigenvalue weighted by Crippen LogP contribution is -2.48. The molecule has 0 saturated carbocycles. The molecular weight excluding hydrogens is 438 g/mol. The second-order valence-electron chi connectivity index (χ2n) is 8.84. The van der Waals surface area contributed by atoms with Gasteiger partial charge in [0, 0.05) is 36.6 Å². The number of hydrogen-bond donors (Lipinski definition) is 2. The molecule has 1 aliphatic heterocycles. The van der Waals surface area contributed by atoms with Crippen LogP contribution in [-0.2, 0) is 0 Å². The minimum absolute atomic E-state index is 0.0925. The average molecular weight is 460 g/mol. The number of nitrogens with two attached hydrogens (primary N) is 1. The number of benzene rings is 2. The Hall–Kier alpha value is -4.03. The minimum Gasteiger partial charge on any atom is -0.505 e. The topological polar surface area (TPSA) is 84.0 Å². The standard InChI is InChI=1S/C25H22F2N6O/c1-25(28)7-10-32(11-8-25)24-31-22(16-4-6-19(29-2)18(27)13-16)21(23-30-9-12-33(23)24)15-3-5-17(26)20(34)14-15/h3-6,9,12-14,34H,7-8,10-11,28H2,1H3. The Balaban J connectivity index is 1.77. The SMILES string of the molecule is [C-]#[N+]c1ccc(-c2nc(N3CCC(C)(N)CC3)n3ccnc3c2-c2ccc(F)c(O)c2)cc1F. The van der Waals surface area contributed by atoms with Crippen LogP contribution in [0.5, 0.6) is 5.75 Å². The molecule has 5 rings (SSSR count). The molecule has 1 saturated heterocycles. The fraction of sp³-hybridized carbons (Fsp3) is 0.240. The lowest BCUT2D eigenvalue weighted by molar-refractivity contribution is 0.361. The van der Waals surface area contributed by atoms with Crippen LogP contribution in [-0.4, -0.2) is 38.1 Å². The van der Waals surface area contributed by atoms with Gasteiger partial charge in [0.2, 0.25) is 11.6 Å². The summed E-state index contributed by atoms with van der Waals surface area (Å²) in [6, 6.07) is 8.28. The number of hydrogen-bond acceptors (Lipinski definition) is 5. The van der Waals surface area contributed by atoms with Gasteiger partial charge in [0.1, 0.15) is 11.5 Å². The maximum Gasteiger partial charge on any atom is 0.222 e. The normalized spacial score (nSPS) is 15.4. The Labute approximate surface area is 194 Å². The van der Waals surface area contributed by atoms with Crippen LogP contribution in [0, 0.1) is 18.2 Å². The second kappa shape index (κ2) is 8.08. The van der Waals surface area contributed by atoms with E-state index >= 15 is 0 Å². The number of aromatic nitrogens is 3. The number of anilines is 1. The zero-order valence-electron chi connectivity index (χ0n) is 18.5. The first-order valence-corrected chi connectivity index (χ1v) is 10.8. The van der Waals surface area contributed by atoms with E-state index in [2.05, 4.69) is 14.7 Å². The molecule has 0 radical (unpaired) electrons. The van der Waals surface area contributed by atoms with Gasteiger partial charge in [-0.1, -0.05) is 18.2 Å². The van der Waals surface area contributed by atoms with Gasteiger partial charge >= 0.3 is 0 Å². The van der Waals surface area contributed by atoms with E-state index in [1.807, 2.05) is 11.3 Å². The largest absolute Gasteiger partial charge is 0.505 e. The van der Waals surface area contributed by atoms with Crippen LogP contribution in [0.25, 0.3) is 32.9 Å². The van der Waals surface area contributed by atoms with Gasteiger partial charge < -0.3 is 15.7 Å². The predicted molar refractivity (Wildman–Crippen MR) is 126 cm³/mol. The van der Waals surface area contributed by atoms with E-state index in [1.54, 1.807) is 18.5 Å². The van der Waals surface area contributed by atoms with E-state index in [0.717, 1.165) is 18.9 Å². The molecule has 0 amide bonds. The minimum atomic E-state index is -0.750. The Morgan fingerprint density at radius 2 is 1.82 bits per heavy atom. The zero-order valence-corrected chi connectivity index (χ0v) is 18.5. The van der Waals surface area contributed by atoms with Gasteiger partial charge in [-0.3, -0.25) is 4.40 Å². The smallest absolute Gasteiger partial charge is 0.222 e. The second-order valence-corrected chi connectivity index (χ2v) is 8.84. The van der Waals surface area contributed by atoms with Gasteiger partial charge in [-0.05, 0) is 43.5 Å². The van der Waals surface area contributed by atoms with E-state index < -0.39 is 17.4 Å². The molecule has 1 fully saturated rings. The Kier molecular flexibility index (Phi) is 5.18. The maximum absolute atomic E-state index is 14.6. The number of aromatic hydroxyl groups is 1. The van der Waals surface area contributed by atoms with E-state index in [1.165, 1.54) is 24.3 Å². The number of piperidine rings is 1. The van der Waals surface area contributed by atoms with E-state index in [9.17, 15) is 13.9 Å². The number of phenolic OH excluding ortho intramolecular Hbond substituents is 1. The molecule has 4 aromatic rings. The third kappa shape index (κ3) is 3.72. The molecule has 0 bridgehead atoms. The predicted octanol–water partition coefficient (Wildman–Crippen LogP) is 4.92. The maximum atomic E-state index is 14.6. The number of rotatable bonds is 3. The highest BCUT2D eigenvalue weighted by Crippen LogP contribution is 2.39.